The number of ether oxygens (including phenoxy) is 2. The molecular weight excluding hydrogens is 468 g/mol. The molecule has 2 aromatic rings. The molecule has 0 bridgehead atoms. The van der Waals surface area contributed by atoms with Crippen molar-refractivity contribution in [3.63, 3.8) is 0 Å². The van der Waals surface area contributed by atoms with Crippen LogP contribution < -0.4 is 4.74 Å². The standard InChI is InChI=1S/C30H38N2O5/c1-20(2)37-24-12-8-22(9-13-24)27(33)25-26(21-6-10-23(11-7-21)30(3,4)5)32(29(35)28(25)34)15-14-31-16-18-36-19-17-31/h6-13,20,26,33H,14-19H2,1-5H3/b27-25+/t26-/m0/s1. The Bertz CT molecular complexity index is 1140. The normalized spacial score (nSPS) is 20.6. The highest BCUT2D eigenvalue weighted by Crippen LogP contribution is 2.40. The molecule has 0 unspecified atom stereocenters. The van der Waals surface area contributed by atoms with Crippen molar-refractivity contribution in [2.45, 2.75) is 52.2 Å². The second-order valence-electron chi connectivity index (χ2n) is 11.0. The monoisotopic (exact) mass is 506 g/mol. The Morgan fingerprint density at radius 2 is 1.62 bits per heavy atom. The summed E-state index contributed by atoms with van der Waals surface area (Å²) in [5, 5.41) is 11.3. The lowest BCUT2D eigenvalue weighted by Crippen LogP contribution is -2.42. The molecule has 2 aliphatic rings. The van der Waals surface area contributed by atoms with Gasteiger partial charge in [-0.15, -0.1) is 0 Å². The van der Waals surface area contributed by atoms with E-state index in [1.165, 1.54) is 0 Å². The van der Waals surface area contributed by atoms with E-state index in [0.717, 1.165) is 24.2 Å². The Hall–Kier alpha value is -3.16. The molecule has 198 valence electrons. The van der Waals surface area contributed by atoms with Gasteiger partial charge in [0.05, 0.1) is 30.9 Å². The van der Waals surface area contributed by atoms with E-state index in [2.05, 4.69) is 25.7 Å². The zero-order valence-electron chi connectivity index (χ0n) is 22.5. The first kappa shape index (κ1) is 26.9. The number of aliphatic hydroxyl groups excluding tert-OH is 1. The van der Waals surface area contributed by atoms with Crippen molar-refractivity contribution < 1.29 is 24.2 Å². The lowest BCUT2D eigenvalue weighted by Gasteiger charge is -2.31. The van der Waals surface area contributed by atoms with Gasteiger partial charge < -0.3 is 19.5 Å². The number of morpholine rings is 1. The van der Waals surface area contributed by atoms with Crippen LogP contribution in [0.5, 0.6) is 5.75 Å². The molecule has 2 heterocycles. The van der Waals surface area contributed by atoms with Crippen LogP contribution in [0.2, 0.25) is 0 Å². The largest absolute Gasteiger partial charge is 0.507 e. The fourth-order valence-corrected chi connectivity index (χ4v) is 4.82. The Balaban J connectivity index is 1.72. The molecule has 1 amide bonds. The number of benzene rings is 2. The second-order valence-corrected chi connectivity index (χ2v) is 11.0. The highest BCUT2D eigenvalue weighted by Gasteiger charge is 2.46. The number of ketones is 1. The number of hydrogen-bond acceptors (Lipinski definition) is 6. The Morgan fingerprint density at radius 1 is 1.00 bits per heavy atom. The summed E-state index contributed by atoms with van der Waals surface area (Å²) >= 11 is 0. The Morgan fingerprint density at radius 3 is 2.19 bits per heavy atom. The third-order valence-electron chi connectivity index (χ3n) is 6.89. The molecule has 7 nitrogen and oxygen atoms in total. The molecular formula is C30H38N2O5. The van der Waals surface area contributed by atoms with E-state index in [1.807, 2.05) is 38.1 Å². The summed E-state index contributed by atoms with van der Waals surface area (Å²) in [6.45, 7) is 14.2. The predicted octanol–water partition coefficient (Wildman–Crippen LogP) is 4.53. The van der Waals surface area contributed by atoms with Crippen LogP contribution in [0.25, 0.3) is 5.76 Å². The molecule has 37 heavy (non-hydrogen) atoms. The van der Waals surface area contributed by atoms with E-state index < -0.39 is 17.7 Å². The van der Waals surface area contributed by atoms with Crippen molar-refractivity contribution in [1.29, 1.82) is 0 Å². The molecule has 0 saturated carbocycles. The van der Waals surface area contributed by atoms with Gasteiger partial charge in [0.1, 0.15) is 11.5 Å². The van der Waals surface area contributed by atoms with Gasteiger partial charge in [-0.1, -0.05) is 45.0 Å². The topological polar surface area (TPSA) is 79.3 Å². The van der Waals surface area contributed by atoms with Crippen molar-refractivity contribution in [3.05, 3.63) is 70.8 Å². The Kier molecular flexibility index (Phi) is 8.05. The molecule has 2 aliphatic heterocycles. The number of rotatable bonds is 7. The minimum Gasteiger partial charge on any atom is -0.507 e. The molecule has 0 radical (unpaired) electrons. The number of Topliss-reactive ketones (excluding diaryl/α,β-unsaturated/α-hetero) is 1. The van der Waals surface area contributed by atoms with Crippen molar-refractivity contribution in [2.75, 3.05) is 39.4 Å². The van der Waals surface area contributed by atoms with E-state index in [4.69, 9.17) is 9.47 Å². The van der Waals surface area contributed by atoms with Crippen molar-refractivity contribution in [2.24, 2.45) is 0 Å². The van der Waals surface area contributed by atoms with Crippen LogP contribution >= 0.6 is 0 Å². The van der Waals surface area contributed by atoms with Crippen molar-refractivity contribution in [1.82, 2.24) is 9.80 Å². The van der Waals surface area contributed by atoms with Crippen LogP contribution in [0, 0.1) is 0 Å². The number of hydrogen-bond donors (Lipinski definition) is 1. The zero-order chi connectivity index (χ0) is 26.7. The summed E-state index contributed by atoms with van der Waals surface area (Å²) in [5.41, 5.74) is 2.51. The SMILES string of the molecule is CC(C)Oc1ccc(/C(O)=C2\C(=O)C(=O)N(CCN3CCOCC3)[C@H]2c2ccc(C(C)(C)C)cc2)cc1. The van der Waals surface area contributed by atoms with Gasteiger partial charge >= 0.3 is 0 Å². The van der Waals surface area contributed by atoms with Crippen LogP contribution in [0.15, 0.2) is 54.1 Å². The predicted molar refractivity (Wildman–Crippen MR) is 144 cm³/mol. The van der Waals surface area contributed by atoms with E-state index >= 15 is 0 Å². The van der Waals surface area contributed by atoms with Gasteiger partial charge in [-0.25, -0.2) is 0 Å². The summed E-state index contributed by atoms with van der Waals surface area (Å²) in [5.74, 6) is -0.744. The zero-order valence-corrected chi connectivity index (χ0v) is 22.5. The number of carbonyl (C=O) groups excluding carboxylic acids is 2. The van der Waals surface area contributed by atoms with Crippen molar-refractivity contribution >= 4 is 17.4 Å². The quantitative estimate of drug-likeness (QED) is 0.338. The lowest BCUT2D eigenvalue weighted by atomic mass is 9.85. The average molecular weight is 507 g/mol. The van der Waals surface area contributed by atoms with E-state index in [-0.39, 0.29) is 22.9 Å². The summed E-state index contributed by atoms with van der Waals surface area (Å²) in [7, 11) is 0. The van der Waals surface area contributed by atoms with Gasteiger partial charge in [0.15, 0.2) is 0 Å². The number of likely N-dealkylation sites (tertiary alicyclic amines) is 1. The molecule has 1 atom stereocenters. The molecule has 2 aromatic carbocycles. The number of amides is 1. The van der Waals surface area contributed by atoms with E-state index in [9.17, 15) is 14.7 Å². The average Bonchev–Trinajstić information content (AvgIpc) is 3.12. The second kappa shape index (κ2) is 11.1. The van der Waals surface area contributed by atoms with Gasteiger partial charge in [-0.2, -0.15) is 0 Å². The first-order valence-electron chi connectivity index (χ1n) is 13.0. The van der Waals surface area contributed by atoms with Crippen LogP contribution in [0.4, 0.5) is 0 Å². The molecule has 2 fully saturated rings. The highest BCUT2D eigenvalue weighted by molar-refractivity contribution is 6.46. The minimum atomic E-state index is -0.665. The van der Waals surface area contributed by atoms with Crippen LogP contribution in [0.1, 0.15) is 57.4 Å². The summed E-state index contributed by atoms with van der Waals surface area (Å²) < 4.78 is 11.1. The summed E-state index contributed by atoms with van der Waals surface area (Å²) in [4.78, 5) is 30.4. The van der Waals surface area contributed by atoms with Crippen LogP contribution in [-0.4, -0.2) is 72.1 Å². The minimum absolute atomic E-state index is 0.0207. The van der Waals surface area contributed by atoms with E-state index in [0.29, 0.717) is 37.6 Å². The van der Waals surface area contributed by atoms with Crippen molar-refractivity contribution in [3.8, 4) is 5.75 Å². The number of carbonyl (C=O) groups is 2. The summed E-state index contributed by atoms with van der Waals surface area (Å²) in [6, 6.07) is 14.3. The smallest absolute Gasteiger partial charge is 0.295 e. The van der Waals surface area contributed by atoms with Gasteiger partial charge in [0.25, 0.3) is 11.7 Å². The maximum Gasteiger partial charge on any atom is 0.295 e. The number of aliphatic hydroxyl groups is 1. The third-order valence-corrected chi connectivity index (χ3v) is 6.89. The molecule has 1 N–H and O–H groups in total. The Labute approximate surface area is 219 Å². The van der Waals surface area contributed by atoms with Crippen LogP contribution in [0.3, 0.4) is 0 Å². The first-order chi connectivity index (χ1) is 17.6. The molecule has 4 rings (SSSR count). The fourth-order valence-electron chi connectivity index (χ4n) is 4.82. The van der Waals surface area contributed by atoms with E-state index in [1.54, 1.807) is 29.2 Å². The third kappa shape index (κ3) is 6.05. The maximum atomic E-state index is 13.3. The number of nitrogens with zero attached hydrogens (tertiary/aromatic N) is 2. The first-order valence-corrected chi connectivity index (χ1v) is 13.0. The molecule has 7 heteroatoms. The molecule has 0 aliphatic carbocycles. The lowest BCUT2D eigenvalue weighted by molar-refractivity contribution is -0.140. The van der Waals surface area contributed by atoms with Gasteiger partial charge in [0, 0.05) is 31.7 Å². The van der Waals surface area contributed by atoms with Crippen LogP contribution in [-0.2, 0) is 19.7 Å². The summed E-state index contributed by atoms with van der Waals surface area (Å²) in [6.07, 6.45) is 0.0207. The highest BCUT2D eigenvalue weighted by atomic mass is 16.5. The fraction of sp³-hybridized carbons (Fsp3) is 0.467. The van der Waals surface area contributed by atoms with Gasteiger partial charge in [0.2, 0.25) is 0 Å². The molecule has 2 saturated heterocycles. The molecule has 0 aromatic heterocycles. The van der Waals surface area contributed by atoms with Gasteiger partial charge in [-0.05, 0) is 54.7 Å². The van der Waals surface area contributed by atoms with Gasteiger partial charge in [-0.3, -0.25) is 14.5 Å². The molecule has 0 spiro atoms. The maximum absolute atomic E-state index is 13.3.